The van der Waals surface area contributed by atoms with E-state index in [1.165, 1.54) is 51.6 Å². The van der Waals surface area contributed by atoms with Crippen LogP contribution in [-0.2, 0) is 0 Å². The lowest BCUT2D eigenvalue weighted by molar-refractivity contribution is 0.0968. The van der Waals surface area contributed by atoms with E-state index in [2.05, 4.69) is 69.9 Å². The zero-order chi connectivity index (χ0) is 18.8. The third kappa shape index (κ3) is 5.84. The Balaban J connectivity index is 0.00000261. The first-order valence-electron chi connectivity index (χ1n) is 10.8. The Morgan fingerprint density at radius 3 is 2.30 bits per heavy atom. The number of benzene rings is 1. The maximum absolute atomic E-state index is 2.61. The van der Waals surface area contributed by atoms with E-state index in [4.69, 9.17) is 0 Å². The van der Waals surface area contributed by atoms with Crippen LogP contribution in [0, 0.1) is 10.8 Å². The van der Waals surface area contributed by atoms with Crippen molar-refractivity contribution in [3.05, 3.63) is 41.5 Å². The smallest absolute Gasteiger partial charge is 0.0169 e. The van der Waals surface area contributed by atoms with Gasteiger partial charge in [0.1, 0.15) is 0 Å². The van der Waals surface area contributed by atoms with Crippen LogP contribution in [0.5, 0.6) is 0 Å². The van der Waals surface area contributed by atoms with E-state index < -0.39 is 0 Å². The van der Waals surface area contributed by atoms with Gasteiger partial charge in [0.15, 0.2) is 0 Å². The van der Waals surface area contributed by atoms with Gasteiger partial charge in [0, 0.05) is 13.1 Å². The van der Waals surface area contributed by atoms with E-state index in [9.17, 15) is 0 Å². The molecule has 3 rings (SSSR count). The maximum atomic E-state index is 2.61. The van der Waals surface area contributed by atoms with Crippen LogP contribution >= 0.6 is 12.4 Å². The molecule has 0 saturated heterocycles. The second-order valence-electron chi connectivity index (χ2n) is 10.3. The second-order valence-corrected chi connectivity index (χ2v) is 10.3. The van der Waals surface area contributed by atoms with Gasteiger partial charge in [0.25, 0.3) is 0 Å². The summed E-state index contributed by atoms with van der Waals surface area (Å²) in [5.74, 6) is 0.698. The van der Waals surface area contributed by atoms with E-state index in [-0.39, 0.29) is 12.4 Å². The first-order valence-corrected chi connectivity index (χ1v) is 10.8. The van der Waals surface area contributed by atoms with Crippen LogP contribution < -0.4 is 0 Å². The molecule has 1 aromatic rings. The highest BCUT2D eigenvalue weighted by atomic mass is 35.5. The molecule has 152 valence electrons. The SMILES string of the molecule is CCCCN1CC=C(c2ccccc2C2CC(C)(C)CC(C)(C)C2)CC1.Cl. The van der Waals surface area contributed by atoms with E-state index in [1.807, 2.05) is 0 Å². The van der Waals surface area contributed by atoms with Gasteiger partial charge in [-0.05, 0) is 72.1 Å². The maximum Gasteiger partial charge on any atom is 0.0169 e. The Morgan fingerprint density at radius 2 is 1.70 bits per heavy atom. The van der Waals surface area contributed by atoms with Gasteiger partial charge in [-0.25, -0.2) is 0 Å². The molecule has 2 aliphatic rings. The van der Waals surface area contributed by atoms with Crippen molar-refractivity contribution in [2.45, 2.75) is 79.1 Å². The van der Waals surface area contributed by atoms with Crippen molar-refractivity contribution in [3.8, 4) is 0 Å². The molecule has 1 heterocycles. The minimum Gasteiger partial charge on any atom is -0.299 e. The normalized spacial score (nSPS) is 22.8. The van der Waals surface area contributed by atoms with Crippen LogP contribution in [0.3, 0.4) is 0 Å². The van der Waals surface area contributed by atoms with E-state index in [0.29, 0.717) is 16.7 Å². The average Bonchev–Trinajstić information content (AvgIpc) is 2.58. The molecule has 0 unspecified atom stereocenters. The minimum absolute atomic E-state index is 0. The highest BCUT2D eigenvalue weighted by Crippen LogP contribution is 2.52. The molecule has 1 aliphatic carbocycles. The molecule has 0 N–H and O–H groups in total. The van der Waals surface area contributed by atoms with Crippen LogP contribution in [0.4, 0.5) is 0 Å². The Morgan fingerprint density at radius 1 is 1.04 bits per heavy atom. The summed E-state index contributed by atoms with van der Waals surface area (Å²) in [4.78, 5) is 2.61. The summed E-state index contributed by atoms with van der Waals surface area (Å²) in [6, 6.07) is 9.30. The highest BCUT2D eigenvalue weighted by Gasteiger charge is 2.39. The van der Waals surface area contributed by atoms with Gasteiger partial charge in [-0.15, -0.1) is 12.4 Å². The van der Waals surface area contributed by atoms with Crippen molar-refractivity contribution in [1.82, 2.24) is 4.90 Å². The van der Waals surface area contributed by atoms with Gasteiger partial charge in [-0.3, -0.25) is 4.90 Å². The van der Waals surface area contributed by atoms with Gasteiger partial charge >= 0.3 is 0 Å². The Labute approximate surface area is 174 Å². The molecule has 0 spiro atoms. The average molecular weight is 390 g/mol. The third-order valence-electron chi connectivity index (χ3n) is 6.42. The molecule has 0 amide bonds. The monoisotopic (exact) mass is 389 g/mol. The Kier molecular flexibility index (Phi) is 7.62. The molecular formula is C25H40ClN. The number of halogens is 1. The lowest BCUT2D eigenvalue weighted by Gasteiger charge is -2.45. The van der Waals surface area contributed by atoms with Crippen LogP contribution in [-0.4, -0.2) is 24.5 Å². The predicted molar refractivity (Wildman–Crippen MR) is 122 cm³/mol. The van der Waals surface area contributed by atoms with Crippen LogP contribution in [0.2, 0.25) is 0 Å². The van der Waals surface area contributed by atoms with Gasteiger partial charge in [0.2, 0.25) is 0 Å². The summed E-state index contributed by atoms with van der Waals surface area (Å²) in [5.41, 5.74) is 5.63. The lowest BCUT2D eigenvalue weighted by atomic mass is 9.60. The number of hydrogen-bond acceptors (Lipinski definition) is 1. The summed E-state index contributed by atoms with van der Waals surface area (Å²) >= 11 is 0. The quantitative estimate of drug-likeness (QED) is 0.509. The molecule has 1 aromatic carbocycles. The van der Waals surface area contributed by atoms with Crippen molar-refractivity contribution < 1.29 is 0 Å². The van der Waals surface area contributed by atoms with Crippen molar-refractivity contribution in [3.63, 3.8) is 0 Å². The van der Waals surface area contributed by atoms with Crippen LogP contribution in [0.25, 0.3) is 5.57 Å². The predicted octanol–water partition coefficient (Wildman–Crippen LogP) is 7.32. The standard InChI is InChI=1S/C25H39N.ClH/c1-6-7-14-26-15-12-20(13-16-26)22-10-8-9-11-23(22)21-17-24(2,3)19-25(4,5)18-21;/h8-12,21H,6-7,13-19H2,1-5H3;1H. The van der Waals surface area contributed by atoms with Crippen molar-refractivity contribution in [2.24, 2.45) is 10.8 Å². The fraction of sp³-hybridized carbons (Fsp3) is 0.680. The topological polar surface area (TPSA) is 3.24 Å². The van der Waals surface area contributed by atoms with E-state index >= 15 is 0 Å². The summed E-state index contributed by atoms with van der Waals surface area (Å²) in [7, 11) is 0. The summed E-state index contributed by atoms with van der Waals surface area (Å²) in [5, 5.41) is 0. The van der Waals surface area contributed by atoms with E-state index in [0.717, 1.165) is 6.54 Å². The molecule has 1 fully saturated rings. The van der Waals surface area contributed by atoms with Crippen molar-refractivity contribution in [2.75, 3.05) is 19.6 Å². The molecule has 27 heavy (non-hydrogen) atoms. The van der Waals surface area contributed by atoms with Gasteiger partial charge in [-0.2, -0.15) is 0 Å². The van der Waals surface area contributed by atoms with Gasteiger partial charge in [0.05, 0.1) is 0 Å². The zero-order valence-corrected chi connectivity index (χ0v) is 19.0. The fourth-order valence-electron chi connectivity index (χ4n) is 5.75. The van der Waals surface area contributed by atoms with Crippen molar-refractivity contribution in [1.29, 1.82) is 0 Å². The molecule has 2 heteroatoms. The molecule has 0 aromatic heterocycles. The molecular weight excluding hydrogens is 350 g/mol. The summed E-state index contributed by atoms with van der Waals surface area (Å²) in [6.45, 7) is 15.8. The van der Waals surface area contributed by atoms with Crippen LogP contribution in [0.1, 0.15) is 90.2 Å². The van der Waals surface area contributed by atoms with Gasteiger partial charge < -0.3 is 0 Å². The summed E-state index contributed by atoms with van der Waals surface area (Å²) in [6.07, 6.45) is 10.3. The summed E-state index contributed by atoms with van der Waals surface area (Å²) < 4.78 is 0. The van der Waals surface area contributed by atoms with Gasteiger partial charge in [-0.1, -0.05) is 71.4 Å². The lowest BCUT2D eigenvalue weighted by Crippen LogP contribution is -2.33. The Bertz CT molecular complexity index is 627. The third-order valence-corrected chi connectivity index (χ3v) is 6.42. The molecule has 1 aliphatic heterocycles. The minimum atomic E-state index is 0. The number of rotatable bonds is 5. The highest BCUT2D eigenvalue weighted by molar-refractivity contribution is 5.85. The van der Waals surface area contributed by atoms with Crippen molar-refractivity contribution >= 4 is 18.0 Å². The molecule has 0 bridgehead atoms. The Hall–Kier alpha value is -0.790. The van der Waals surface area contributed by atoms with E-state index in [1.54, 1.807) is 16.7 Å². The second kappa shape index (κ2) is 9.14. The molecule has 0 radical (unpaired) electrons. The largest absolute Gasteiger partial charge is 0.299 e. The molecule has 1 nitrogen and oxygen atoms in total. The number of hydrogen-bond donors (Lipinski definition) is 0. The first-order chi connectivity index (χ1) is 12.3. The number of unbranched alkanes of at least 4 members (excludes halogenated alkanes) is 1. The molecule has 1 saturated carbocycles. The zero-order valence-electron chi connectivity index (χ0n) is 18.2. The fourth-order valence-corrected chi connectivity index (χ4v) is 5.75. The van der Waals surface area contributed by atoms with Crippen LogP contribution in [0.15, 0.2) is 30.3 Å². The number of nitrogens with zero attached hydrogens (tertiary/aromatic N) is 1. The first kappa shape index (κ1) is 22.5. The molecule has 0 atom stereocenters.